The molecule has 1 unspecified atom stereocenters. The predicted molar refractivity (Wildman–Crippen MR) is 55.4 cm³/mol. The molecule has 0 spiro atoms. The van der Waals surface area contributed by atoms with Gasteiger partial charge in [0.05, 0.1) is 0 Å². The van der Waals surface area contributed by atoms with Crippen LogP contribution in [0.2, 0.25) is 0 Å². The Morgan fingerprint density at radius 1 is 1.20 bits per heavy atom. The minimum absolute atomic E-state index is 0.467. The van der Waals surface area contributed by atoms with Crippen LogP contribution in [-0.2, 0) is 11.2 Å². The summed E-state index contributed by atoms with van der Waals surface area (Å²) in [4.78, 5) is 11.0. The van der Waals surface area contributed by atoms with Crippen molar-refractivity contribution in [2.45, 2.75) is 12.3 Å². The number of hydrogen-bond donors (Lipinski definition) is 0. The Bertz CT molecular complexity index is 552. The van der Waals surface area contributed by atoms with Gasteiger partial charge in [0.2, 0.25) is 0 Å². The topological polar surface area (TPSA) is 40.1 Å². The molecule has 0 amide bonds. The molecule has 0 aromatic heterocycles. The van der Waals surface area contributed by atoms with Gasteiger partial charge >= 0.3 is 0 Å². The van der Waals surface area contributed by atoms with Crippen LogP contribution in [0.25, 0.3) is 10.8 Å². The van der Waals surface area contributed by atoms with Crippen molar-refractivity contribution in [1.82, 2.24) is 0 Å². The minimum atomic E-state index is -0.973. The van der Waals surface area contributed by atoms with E-state index in [0.29, 0.717) is 6.42 Å². The second-order valence-corrected chi connectivity index (χ2v) is 3.94. The van der Waals surface area contributed by atoms with Crippen molar-refractivity contribution in [2.24, 2.45) is 0 Å². The zero-order valence-corrected chi connectivity index (χ0v) is 8.07. The van der Waals surface area contributed by atoms with E-state index in [4.69, 9.17) is 0 Å². The minimum Gasteiger partial charge on any atom is -0.549 e. The van der Waals surface area contributed by atoms with Crippen molar-refractivity contribution >= 4 is 16.7 Å². The van der Waals surface area contributed by atoms with Crippen molar-refractivity contribution < 1.29 is 9.90 Å². The molecule has 3 rings (SSSR count). The molecular weight excluding hydrogens is 188 g/mol. The number of rotatable bonds is 1. The molecule has 0 radical (unpaired) electrons. The molecule has 0 saturated carbocycles. The number of hydrogen-bond acceptors (Lipinski definition) is 2. The first-order valence-corrected chi connectivity index (χ1v) is 4.99. The third-order valence-electron chi connectivity index (χ3n) is 3.11. The van der Waals surface area contributed by atoms with Gasteiger partial charge in [-0.05, 0) is 28.3 Å². The number of carboxylic acid groups (broad SMARTS) is 1. The quantitative estimate of drug-likeness (QED) is 0.689. The number of carbonyl (C=O) groups is 1. The molecule has 2 aromatic rings. The highest BCUT2D eigenvalue weighted by molar-refractivity contribution is 5.96. The molecule has 2 aromatic carbocycles. The van der Waals surface area contributed by atoms with Crippen LogP contribution in [0.4, 0.5) is 0 Å². The summed E-state index contributed by atoms with van der Waals surface area (Å²) in [5, 5.41) is 13.2. The van der Waals surface area contributed by atoms with Crippen molar-refractivity contribution in [1.29, 1.82) is 0 Å². The van der Waals surface area contributed by atoms with E-state index in [1.165, 1.54) is 0 Å². The number of benzene rings is 2. The highest BCUT2D eigenvalue weighted by Crippen LogP contribution is 2.37. The lowest BCUT2D eigenvalue weighted by molar-refractivity contribution is -0.307. The van der Waals surface area contributed by atoms with E-state index in [0.717, 1.165) is 21.9 Å². The molecule has 2 nitrogen and oxygen atoms in total. The van der Waals surface area contributed by atoms with Crippen LogP contribution in [-0.4, -0.2) is 5.97 Å². The van der Waals surface area contributed by atoms with Gasteiger partial charge in [0, 0.05) is 11.9 Å². The Morgan fingerprint density at radius 3 is 2.67 bits per heavy atom. The van der Waals surface area contributed by atoms with Crippen LogP contribution in [0, 0.1) is 0 Å². The van der Waals surface area contributed by atoms with Crippen molar-refractivity contribution in [3.05, 3.63) is 47.5 Å². The zero-order chi connectivity index (χ0) is 10.4. The van der Waals surface area contributed by atoms with E-state index in [1.54, 1.807) is 0 Å². The van der Waals surface area contributed by atoms with Gasteiger partial charge in [-0.25, -0.2) is 0 Å². The third-order valence-corrected chi connectivity index (χ3v) is 3.11. The van der Waals surface area contributed by atoms with Crippen LogP contribution in [0.3, 0.4) is 0 Å². The summed E-state index contributed by atoms with van der Waals surface area (Å²) in [7, 11) is 0. The molecule has 0 aliphatic heterocycles. The summed E-state index contributed by atoms with van der Waals surface area (Å²) >= 11 is 0. The van der Waals surface area contributed by atoms with Gasteiger partial charge in [-0.3, -0.25) is 0 Å². The lowest BCUT2D eigenvalue weighted by atomic mass is 10.0. The molecule has 2 heteroatoms. The van der Waals surface area contributed by atoms with Crippen molar-refractivity contribution in [3.63, 3.8) is 0 Å². The average Bonchev–Trinajstić information content (AvgIpc) is 2.61. The summed E-state index contributed by atoms with van der Waals surface area (Å²) in [6.07, 6.45) is 0.568. The highest BCUT2D eigenvalue weighted by Gasteiger charge is 2.24. The first-order valence-electron chi connectivity index (χ1n) is 4.99. The van der Waals surface area contributed by atoms with E-state index >= 15 is 0 Å². The standard InChI is InChI=1S/C13H10O2/c14-13(15)11-7-9-5-1-3-8-4-2-6-10(11)12(8)9/h1-6,11H,7H2,(H,14,15)/p-1. The molecule has 1 atom stereocenters. The van der Waals surface area contributed by atoms with Crippen LogP contribution in [0.5, 0.6) is 0 Å². The maximum atomic E-state index is 11.0. The van der Waals surface area contributed by atoms with Crippen LogP contribution >= 0.6 is 0 Å². The fourth-order valence-electron chi connectivity index (χ4n) is 2.45. The van der Waals surface area contributed by atoms with Crippen molar-refractivity contribution in [3.8, 4) is 0 Å². The first kappa shape index (κ1) is 8.48. The fraction of sp³-hybridized carbons (Fsp3) is 0.154. The van der Waals surface area contributed by atoms with Crippen LogP contribution < -0.4 is 5.11 Å². The summed E-state index contributed by atoms with van der Waals surface area (Å²) in [5.41, 5.74) is 2.03. The lowest BCUT2D eigenvalue weighted by Crippen LogP contribution is -2.29. The molecule has 0 heterocycles. The van der Waals surface area contributed by atoms with E-state index in [-0.39, 0.29) is 0 Å². The van der Waals surface area contributed by atoms with E-state index in [2.05, 4.69) is 0 Å². The Hall–Kier alpha value is -1.83. The Kier molecular flexibility index (Phi) is 1.60. The maximum absolute atomic E-state index is 11.0. The fourth-order valence-corrected chi connectivity index (χ4v) is 2.45. The van der Waals surface area contributed by atoms with E-state index in [1.807, 2.05) is 36.4 Å². The Labute approximate surface area is 87.2 Å². The molecule has 0 N–H and O–H groups in total. The lowest BCUT2D eigenvalue weighted by Gasteiger charge is -2.11. The largest absolute Gasteiger partial charge is 0.549 e. The normalized spacial score (nSPS) is 18.3. The second kappa shape index (κ2) is 2.83. The highest BCUT2D eigenvalue weighted by atomic mass is 16.4. The molecule has 1 aliphatic rings. The maximum Gasteiger partial charge on any atom is 0.0492 e. The Balaban J connectivity index is 2.36. The SMILES string of the molecule is O=C([O-])C1Cc2cccc3cccc1c23. The molecule has 0 fully saturated rings. The Morgan fingerprint density at radius 2 is 1.93 bits per heavy atom. The van der Waals surface area contributed by atoms with Crippen LogP contribution in [0.1, 0.15) is 17.0 Å². The first-order chi connectivity index (χ1) is 7.27. The van der Waals surface area contributed by atoms with Gasteiger partial charge in [-0.2, -0.15) is 0 Å². The third kappa shape index (κ3) is 1.08. The molecule has 0 bridgehead atoms. The van der Waals surface area contributed by atoms with Gasteiger partial charge in [-0.1, -0.05) is 36.4 Å². The monoisotopic (exact) mass is 197 g/mol. The zero-order valence-electron chi connectivity index (χ0n) is 8.07. The van der Waals surface area contributed by atoms with Gasteiger partial charge in [0.25, 0.3) is 0 Å². The second-order valence-electron chi connectivity index (χ2n) is 3.94. The number of aliphatic carboxylic acids is 1. The molecule has 15 heavy (non-hydrogen) atoms. The smallest absolute Gasteiger partial charge is 0.0492 e. The number of carboxylic acids is 1. The average molecular weight is 197 g/mol. The van der Waals surface area contributed by atoms with Crippen molar-refractivity contribution in [2.75, 3.05) is 0 Å². The summed E-state index contributed by atoms with van der Waals surface area (Å²) in [5.74, 6) is -1.44. The van der Waals surface area contributed by atoms with Gasteiger partial charge in [0.15, 0.2) is 0 Å². The van der Waals surface area contributed by atoms with E-state index in [9.17, 15) is 9.90 Å². The van der Waals surface area contributed by atoms with Gasteiger partial charge in [0.1, 0.15) is 0 Å². The number of carbonyl (C=O) groups excluding carboxylic acids is 1. The summed E-state index contributed by atoms with van der Waals surface area (Å²) in [6, 6.07) is 11.8. The molecule has 1 aliphatic carbocycles. The van der Waals surface area contributed by atoms with E-state index < -0.39 is 11.9 Å². The van der Waals surface area contributed by atoms with Gasteiger partial charge < -0.3 is 9.90 Å². The summed E-state index contributed by atoms with van der Waals surface area (Å²) in [6.45, 7) is 0. The molecular formula is C13H9O2-. The molecule has 0 saturated heterocycles. The summed E-state index contributed by atoms with van der Waals surface area (Å²) < 4.78 is 0. The predicted octanol–water partition coefficient (Wildman–Crippen LogP) is 1.23. The van der Waals surface area contributed by atoms with Crippen LogP contribution in [0.15, 0.2) is 36.4 Å². The molecule has 74 valence electrons. The van der Waals surface area contributed by atoms with Gasteiger partial charge in [-0.15, -0.1) is 0 Å².